The third kappa shape index (κ3) is 4.25. The van der Waals surface area contributed by atoms with E-state index in [-0.39, 0.29) is 5.60 Å². The molecule has 0 unspecified atom stereocenters. The average molecular weight is 264 g/mol. The molecule has 0 fully saturated rings. The van der Waals surface area contributed by atoms with Crippen LogP contribution in [0.3, 0.4) is 0 Å². The van der Waals surface area contributed by atoms with Gasteiger partial charge in [0.15, 0.2) is 0 Å². The minimum atomic E-state index is -1.81. The summed E-state index contributed by atoms with van der Waals surface area (Å²) in [6.07, 6.45) is 2.41. The smallest absolute Gasteiger partial charge is 0.224 e. The molecule has 0 spiro atoms. The van der Waals surface area contributed by atoms with Crippen LogP contribution >= 0.6 is 0 Å². The van der Waals surface area contributed by atoms with E-state index in [0.29, 0.717) is 0 Å². The van der Waals surface area contributed by atoms with Crippen LogP contribution in [0.1, 0.15) is 47.5 Å². The van der Waals surface area contributed by atoms with Gasteiger partial charge in [0.2, 0.25) is 8.32 Å². The molecule has 0 aliphatic carbocycles. The molecule has 1 aromatic carbocycles. The van der Waals surface area contributed by atoms with E-state index in [9.17, 15) is 0 Å². The van der Waals surface area contributed by atoms with Crippen LogP contribution in [0.25, 0.3) is 0 Å². The molecule has 0 atom stereocenters. The molecule has 0 bridgehead atoms. The van der Waals surface area contributed by atoms with Gasteiger partial charge in [-0.2, -0.15) is 0 Å². The van der Waals surface area contributed by atoms with Gasteiger partial charge in [-0.1, -0.05) is 57.0 Å². The summed E-state index contributed by atoms with van der Waals surface area (Å²) in [5.74, 6) is 0. The van der Waals surface area contributed by atoms with Crippen LogP contribution in [0.15, 0.2) is 30.3 Å². The lowest BCUT2D eigenvalue weighted by Gasteiger charge is -2.38. The van der Waals surface area contributed by atoms with E-state index in [1.54, 1.807) is 0 Å². The Morgan fingerprint density at radius 2 is 1.44 bits per heavy atom. The van der Waals surface area contributed by atoms with E-state index < -0.39 is 8.32 Å². The Labute approximate surface area is 114 Å². The Morgan fingerprint density at radius 1 is 0.944 bits per heavy atom. The maximum Gasteiger partial charge on any atom is 0.224 e. The average Bonchev–Trinajstić information content (AvgIpc) is 2.28. The Kier molecular flexibility index (Phi) is 5.61. The zero-order chi connectivity index (χ0) is 13.6. The van der Waals surface area contributed by atoms with Gasteiger partial charge in [-0.15, -0.1) is 0 Å². The molecule has 2 heteroatoms. The van der Waals surface area contributed by atoms with Crippen molar-refractivity contribution in [2.45, 2.75) is 65.1 Å². The van der Waals surface area contributed by atoms with Crippen molar-refractivity contribution in [1.82, 2.24) is 0 Å². The molecular weight excluding hydrogens is 236 g/mol. The fourth-order valence-corrected chi connectivity index (χ4v) is 7.45. The van der Waals surface area contributed by atoms with Gasteiger partial charge in [0.05, 0.1) is 0 Å². The highest BCUT2D eigenvalue weighted by Gasteiger charge is 2.38. The van der Waals surface area contributed by atoms with Crippen molar-refractivity contribution < 1.29 is 4.43 Å². The van der Waals surface area contributed by atoms with Crippen LogP contribution < -0.4 is 5.19 Å². The molecule has 1 nitrogen and oxygen atoms in total. The first-order valence-electron chi connectivity index (χ1n) is 7.19. The van der Waals surface area contributed by atoms with Gasteiger partial charge in [0, 0.05) is 5.60 Å². The number of hydrogen-bond donors (Lipinski definition) is 0. The highest BCUT2D eigenvalue weighted by atomic mass is 28.4. The molecule has 1 aromatic rings. The molecule has 102 valence electrons. The summed E-state index contributed by atoms with van der Waals surface area (Å²) in [5.41, 5.74) is -0.0492. The van der Waals surface area contributed by atoms with Gasteiger partial charge >= 0.3 is 0 Å². The SMILES string of the molecule is CCC[Si](CCC)(OC(C)(C)C)c1ccccc1. The summed E-state index contributed by atoms with van der Waals surface area (Å²) in [7, 11) is -1.81. The molecule has 0 N–H and O–H groups in total. The highest BCUT2D eigenvalue weighted by molar-refractivity contribution is 6.86. The van der Waals surface area contributed by atoms with Crippen molar-refractivity contribution in [1.29, 1.82) is 0 Å². The van der Waals surface area contributed by atoms with Crippen molar-refractivity contribution in [2.24, 2.45) is 0 Å². The molecule has 0 heterocycles. The van der Waals surface area contributed by atoms with Gasteiger partial charge < -0.3 is 4.43 Å². The lowest BCUT2D eigenvalue weighted by atomic mass is 10.2. The summed E-state index contributed by atoms with van der Waals surface area (Å²) in [5, 5.41) is 1.46. The molecule has 0 amide bonds. The molecule has 1 rings (SSSR count). The minimum Gasteiger partial charge on any atom is -0.408 e. The molecule has 0 radical (unpaired) electrons. The van der Waals surface area contributed by atoms with Crippen molar-refractivity contribution in [3.05, 3.63) is 30.3 Å². The van der Waals surface area contributed by atoms with Crippen LogP contribution in [-0.4, -0.2) is 13.9 Å². The predicted molar refractivity (Wildman–Crippen MR) is 82.9 cm³/mol. The lowest BCUT2D eigenvalue weighted by Crippen LogP contribution is -2.54. The van der Waals surface area contributed by atoms with E-state index in [2.05, 4.69) is 65.0 Å². The second-order valence-electron chi connectivity index (χ2n) is 6.07. The summed E-state index contributed by atoms with van der Waals surface area (Å²) in [6.45, 7) is 11.1. The first kappa shape index (κ1) is 15.5. The molecule has 0 saturated heterocycles. The van der Waals surface area contributed by atoms with E-state index in [1.807, 2.05) is 0 Å². The second kappa shape index (κ2) is 6.53. The highest BCUT2D eigenvalue weighted by Crippen LogP contribution is 2.27. The predicted octanol–water partition coefficient (Wildman–Crippen LogP) is 4.47. The monoisotopic (exact) mass is 264 g/mol. The maximum absolute atomic E-state index is 6.63. The Balaban J connectivity index is 3.12. The third-order valence-corrected chi connectivity index (χ3v) is 8.11. The normalized spacial score (nSPS) is 12.7. The van der Waals surface area contributed by atoms with Crippen LogP contribution in [0, 0.1) is 0 Å². The van der Waals surface area contributed by atoms with Crippen molar-refractivity contribution >= 4 is 13.5 Å². The third-order valence-electron chi connectivity index (χ3n) is 3.11. The van der Waals surface area contributed by atoms with Gasteiger partial charge in [-0.25, -0.2) is 0 Å². The van der Waals surface area contributed by atoms with Crippen molar-refractivity contribution in [2.75, 3.05) is 0 Å². The lowest BCUT2D eigenvalue weighted by molar-refractivity contribution is 0.120. The second-order valence-corrected chi connectivity index (χ2v) is 9.84. The molecule has 0 aliphatic rings. The largest absolute Gasteiger partial charge is 0.408 e. The van der Waals surface area contributed by atoms with Crippen LogP contribution in [0.4, 0.5) is 0 Å². The van der Waals surface area contributed by atoms with E-state index in [1.165, 1.54) is 30.1 Å². The number of rotatable bonds is 6. The molecule has 0 aliphatic heterocycles. The van der Waals surface area contributed by atoms with Gasteiger partial charge in [-0.05, 0) is 38.0 Å². The fourth-order valence-electron chi connectivity index (χ4n) is 2.71. The summed E-state index contributed by atoms with van der Waals surface area (Å²) in [6, 6.07) is 13.4. The minimum absolute atomic E-state index is 0.0492. The quantitative estimate of drug-likeness (QED) is 0.689. The summed E-state index contributed by atoms with van der Waals surface area (Å²) >= 11 is 0. The zero-order valence-electron chi connectivity index (χ0n) is 12.6. The van der Waals surface area contributed by atoms with Crippen molar-refractivity contribution in [3.8, 4) is 0 Å². The van der Waals surface area contributed by atoms with E-state index in [4.69, 9.17) is 4.43 Å². The van der Waals surface area contributed by atoms with Crippen LogP contribution in [-0.2, 0) is 4.43 Å². The Bertz CT molecular complexity index is 334. The molecule has 0 aromatic heterocycles. The van der Waals surface area contributed by atoms with Crippen molar-refractivity contribution in [3.63, 3.8) is 0 Å². The van der Waals surface area contributed by atoms with Crippen LogP contribution in [0.2, 0.25) is 12.1 Å². The Morgan fingerprint density at radius 3 is 1.83 bits per heavy atom. The first-order chi connectivity index (χ1) is 8.43. The van der Waals surface area contributed by atoms with Gasteiger partial charge in [0.25, 0.3) is 0 Å². The Hall–Kier alpha value is -0.603. The summed E-state index contributed by atoms with van der Waals surface area (Å²) in [4.78, 5) is 0. The number of benzene rings is 1. The van der Waals surface area contributed by atoms with E-state index >= 15 is 0 Å². The van der Waals surface area contributed by atoms with Gasteiger partial charge in [0.1, 0.15) is 0 Å². The van der Waals surface area contributed by atoms with Gasteiger partial charge in [-0.3, -0.25) is 0 Å². The first-order valence-corrected chi connectivity index (χ1v) is 9.51. The topological polar surface area (TPSA) is 9.23 Å². The molecule has 18 heavy (non-hydrogen) atoms. The fraction of sp³-hybridized carbons (Fsp3) is 0.625. The standard InChI is InChI=1S/C16H28OSi/c1-6-13-18(14-7-2,17-16(3,4)5)15-11-9-8-10-12-15/h8-12H,6-7,13-14H2,1-5H3. The molecular formula is C16H28OSi. The zero-order valence-corrected chi connectivity index (χ0v) is 13.6. The van der Waals surface area contributed by atoms with Crippen LogP contribution in [0.5, 0.6) is 0 Å². The number of hydrogen-bond acceptors (Lipinski definition) is 1. The molecule has 0 saturated carbocycles. The maximum atomic E-state index is 6.63. The summed E-state index contributed by atoms with van der Waals surface area (Å²) < 4.78 is 6.63. The van der Waals surface area contributed by atoms with E-state index in [0.717, 1.165) is 0 Å².